The highest BCUT2D eigenvalue weighted by Gasteiger charge is 2.53. The summed E-state index contributed by atoms with van der Waals surface area (Å²) in [5.74, 6) is 3.95. The maximum absolute atomic E-state index is 6.55. The van der Waals surface area contributed by atoms with E-state index in [9.17, 15) is 0 Å². The Hall–Kier alpha value is -2.00. The largest absolute Gasteiger partial charge is 0.493 e. The van der Waals surface area contributed by atoms with Crippen LogP contribution in [0.5, 0.6) is 11.5 Å². The molecule has 0 amide bonds. The maximum atomic E-state index is 6.55. The molecule has 0 radical (unpaired) electrons. The Morgan fingerprint density at radius 3 is 2.66 bits per heavy atom. The van der Waals surface area contributed by atoms with Crippen molar-refractivity contribution in [1.29, 1.82) is 0 Å². The van der Waals surface area contributed by atoms with Gasteiger partial charge in [0.1, 0.15) is 6.61 Å². The minimum Gasteiger partial charge on any atom is -0.493 e. The standard InChI is InChI=1S/C26H33NO2/c1-26-13-12-19-20(22(26)10-11-25(26)27)9-8-18-14-24(23(28-2)15-21(18)19)29-16-17-6-4-3-5-7-17/h3-7,14-15,19-20,22,25H,8-13,16,27H2,1-2H3/t19-,20+,22-,25-,26-/m0/s1. The molecule has 0 spiro atoms. The van der Waals surface area contributed by atoms with Crippen LogP contribution < -0.4 is 15.2 Å². The molecule has 3 aliphatic carbocycles. The van der Waals surface area contributed by atoms with Crippen molar-refractivity contribution in [2.24, 2.45) is 23.0 Å². The molecule has 2 fully saturated rings. The smallest absolute Gasteiger partial charge is 0.161 e. The predicted octanol–water partition coefficient (Wildman–Crippen LogP) is 5.46. The van der Waals surface area contributed by atoms with Gasteiger partial charge in [-0.2, -0.15) is 0 Å². The zero-order valence-electron chi connectivity index (χ0n) is 17.7. The molecule has 2 aromatic rings. The summed E-state index contributed by atoms with van der Waals surface area (Å²) in [7, 11) is 1.76. The number of hydrogen-bond donors (Lipinski definition) is 1. The second kappa shape index (κ2) is 7.36. The van der Waals surface area contributed by atoms with E-state index in [4.69, 9.17) is 15.2 Å². The van der Waals surface area contributed by atoms with E-state index in [2.05, 4.69) is 43.3 Å². The van der Waals surface area contributed by atoms with Crippen molar-refractivity contribution in [2.75, 3.05) is 7.11 Å². The monoisotopic (exact) mass is 391 g/mol. The predicted molar refractivity (Wildman–Crippen MR) is 116 cm³/mol. The lowest BCUT2D eigenvalue weighted by molar-refractivity contribution is 0.0495. The molecular formula is C26H33NO2. The maximum Gasteiger partial charge on any atom is 0.161 e. The first-order valence-electron chi connectivity index (χ1n) is 11.2. The van der Waals surface area contributed by atoms with Crippen LogP contribution in [0.2, 0.25) is 0 Å². The van der Waals surface area contributed by atoms with Crippen LogP contribution in [0.15, 0.2) is 42.5 Å². The van der Waals surface area contributed by atoms with E-state index < -0.39 is 0 Å². The number of hydrogen-bond acceptors (Lipinski definition) is 3. The molecule has 0 bridgehead atoms. The summed E-state index contributed by atoms with van der Waals surface area (Å²) in [6.45, 7) is 3.03. The van der Waals surface area contributed by atoms with Crippen LogP contribution in [-0.2, 0) is 13.0 Å². The lowest BCUT2D eigenvalue weighted by Gasteiger charge is -2.50. The molecule has 5 atom stereocenters. The second-order valence-electron chi connectivity index (χ2n) is 9.62. The summed E-state index contributed by atoms with van der Waals surface area (Å²) in [6.07, 6.45) is 7.45. The van der Waals surface area contributed by atoms with Crippen molar-refractivity contribution in [3.8, 4) is 11.5 Å². The Morgan fingerprint density at radius 2 is 1.86 bits per heavy atom. The summed E-state index contributed by atoms with van der Waals surface area (Å²) >= 11 is 0. The van der Waals surface area contributed by atoms with E-state index in [1.807, 2.05) is 6.07 Å². The third-order valence-electron chi connectivity index (χ3n) is 8.32. The summed E-state index contributed by atoms with van der Waals surface area (Å²) in [5.41, 5.74) is 11.0. The lowest BCUT2D eigenvalue weighted by Crippen LogP contribution is -2.46. The van der Waals surface area contributed by atoms with Gasteiger partial charge < -0.3 is 15.2 Å². The highest BCUT2D eigenvalue weighted by molar-refractivity contribution is 5.50. The molecule has 3 heteroatoms. The molecule has 0 unspecified atom stereocenters. The second-order valence-corrected chi connectivity index (χ2v) is 9.62. The van der Waals surface area contributed by atoms with Crippen molar-refractivity contribution in [1.82, 2.24) is 0 Å². The first-order valence-corrected chi connectivity index (χ1v) is 11.2. The zero-order chi connectivity index (χ0) is 20.0. The van der Waals surface area contributed by atoms with Crippen molar-refractivity contribution < 1.29 is 9.47 Å². The van der Waals surface area contributed by atoms with Crippen LogP contribution in [0.4, 0.5) is 0 Å². The van der Waals surface area contributed by atoms with E-state index in [0.29, 0.717) is 24.0 Å². The highest BCUT2D eigenvalue weighted by atomic mass is 16.5. The van der Waals surface area contributed by atoms with Crippen LogP contribution in [0.3, 0.4) is 0 Å². The van der Waals surface area contributed by atoms with Crippen LogP contribution in [-0.4, -0.2) is 13.2 Å². The Labute approximate surface area is 174 Å². The number of rotatable bonds is 4. The van der Waals surface area contributed by atoms with Crippen LogP contribution in [0.25, 0.3) is 0 Å². The molecule has 0 heterocycles. The number of benzene rings is 2. The molecule has 3 aliphatic rings. The lowest BCUT2D eigenvalue weighted by atomic mass is 9.55. The molecule has 0 aromatic heterocycles. The van der Waals surface area contributed by atoms with Gasteiger partial charge in [-0.05, 0) is 90.5 Å². The van der Waals surface area contributed by atoms with Gasteiger partial charge >= 0.3 is 0 Å². The van der Waals surface area contributed by atoms with E-state index >= 15 is 0 Å². The van der Waals surface area contributed by atoms with Gasteiger partial charge in [-0.25, -0.2) is 0 Å². The number of ether oxygens (including phenoxy) is 2. The fourth-order valence-corrected chi connectivity index (χ4v) is 6.63. The van der Waals surface area contributed by atoms with Gasteiger partial charge in [-0.1, -0.05) is 37.3 Å². The molecule has 2 aromatic carbocycles. The first-order chi connectivity index (χ1) is 14.1. The molecule has 154 valence electrons. The SMILES string of the molecule is COc1cc2c(cc1OCc1ccccc1)CC[C@@H]1[C@@H]2CC[C@]2(C)[C@@H](N)CC[C@@H]12. The zero-order valence-corrected chi connectivity index (χ0v) is 17.7. The molecule has 5 rings (SSSR count). The third-order valence-corrected chi connectivity index (χ3v) is 8.32. The first kappa shape index (κ1) is 19.0. The average Bonchev–Trinajstić information content (AvgIpc) is 3.06. The van der Waals surface area contributed by atoms with Crippen LogP contribution >= 0.6 is 0 Å². The van der Waals surface area contributed by atoms with Gasteiger partial charge in [0.2, 0.25) is 0 Å². The quantitative estimate of drug-likeness (QED) is 0.753. The summed E-state index contributed by atoms with van der Waals surface area (Å²) in [6, 6.07) is 15.3. The molecular weight excluding hydrogens is 358 g/mol. The fourth-order valence-electron chi connectivity index (χ4n) is 6.63. The van der Waals surface area contributed by atoms with Gasteiger partial charge in [0.05, 0.1) is 7.11 Å². The molecule has 3 nitrogen and oxygen atoms in total. The fraction of sp³-hybridized carbons (Fsp3) is 0.538. The number of fused-ring (bicyclic) bond motifs is 5. The molecule has 2 saturated carbocycles. The number of methoxy groups -OCH3 is 1. The van der Waals surface area contributed by atoms with Crippen LogP contribution in [0.1, 0.15) is 61.6 Å². The van der Waals surface area contributed by atoms with Crippen molar-refractivity contribution in [3.63, 3.8) is 0 Å². The number of aryl methyl sites for hydroxylation is 1. The van der Waals surface area contributed by atoms with Crippen molar-refractivity contribution >= 4 is 0 Å². The normalized spacial score (nSPS) is 32.8. The molecule has 0 saturated heterocycles. The van der Waals surface area contributed by atoms with Crippen LogP contribution in [0, 0.1) is 17.3 Å². The van der Waals surface area contributed by atoms with E-state index in [1.165, 1.54) is 48.8 Å². The van der Waals surface area contributed by atoms with Gasteiger partial charge in [0, 0.05) is 6.04 Å². The van der Waals surface area contributed by atoms with E-state index in [1.54, 1.807) is 7.11 Å². The Morgan fingerprint density at radius 1 is 1.03 bits per heavy atom. The third kappa shape index (κ3) is 3.15. The van der Waals surface area contributed by atoms with Gasteiger partial charge in [-0.3, -0.25) is 0 Å². The van der Waals surface area contributed by atoms with Gasteiger partial charge in [0.15, 0.2) is 11.5 Å². The van der Waals surface area contributed by atoms with Gasteiger partial charge in [0.25, 0.3) is 0 Å². The number of nitrogens with two attached hydrogens (primary N) is 1. The van der Waals surface area contributed by atoms with Crippen molar-refractivity contribution in [3.05, 3.63) is 59.2 Å². The highest BCUT2D eigenvalue weighted by Crippen LogP contribution is 2.60. The summed E-state index contributed by atoms with van der Waals surface area (Å²) in [4.78, 5) is 0. The minimum absolute atomic E-state index is 0.349. The molecule has 2 N–H and O–H groups in total. The Kier molecular flexibility index (Phi) is 4.82. The Bertz CT molecular complexity index is 880. The Balaban J connectivity index is 1.41. The van der Waals surface area contributed by atoms with E-state index in [-0.39, 0.29) is 0 Å². The van der Waals surface area contributed by atoms with Crippen molar-refractivity contribution in [2.45, 2.75) is 64.0 Å². The minimum atomic E-state index is 0.349. The molecule has 0 aliphatic heterocycles. The average molecular weight is 392 g/mol. The molecule has 29 heavy (non-hydrogen) atoms. The van der Waals surface area contributed by atoms with Gasteiger partial charge in [-0.15, -0.1) is 0 Å². The summed E-state index contributed by atoms with van der Waals surface area (Å²) < 4.78 is 11.9. The summed E-state index contributed by atoms with van der Waals surface area (Å²) in [5, 5.41) is 0. The topological polar surface area (TPSA) is 44.5 Å². The van der Waals surface area contributed by atoms with E-state index in [0.717, 1.165) is 29.8 Å².